The van der Waals surface area contributed by atoms with Gasteiger partial charge in [0.2, 0.25) is 0 Å². The first-order chi connectivity index (χ1) is 11.1. The number of amides is 3. The van der Waals surface area contributed by atoms with Crippen molar-refractivity contribution in [3.05, 3.63) is 29.8 Å². The first-order valence-electron chi connectivity index (χ1n) is 7.31. The van der Waals surface area contributed by atoms with Crippen LogP contribution in [0.15, 0.2) is 24.3 Å². The van der Waals surface area contributed by atoms with Crippen molar-refractivity contribution in [2.24, 2.45) is 5.92 Å². The second-order valence-corrected chi connectivity index (χ2v) is 5.53. The molecule has 0 N–H and O–H groups in total. The summed E-state index contributed by atoms with van der Waals surface area (Å²) in [5.74, 6) is -1.52. The van der Waals surface area contributed by atoms with Crippen molar-refractivity contribution < 1.29 is 19.1 Å². The molecule has 0 spiro atoms. The Labute approximate surface area is 133 Å². The Morgan fingerprint density at radius 3 is 2.61 bits per heavy atom. The van der Waals surface area contributed by atoms with Gasteiger partial charge in [-0.25, -0.2) is 9.69 Å². The molecule has 7 heteroatoms. The quantitative estimate of drug-likeness (QED) is 0.606. The van der Waals surface area contributed by atoms with E-state index >= 15 is 0 Å². The average Bonchev–Trinajstić information content (AvgIpc) is 2.85. The number of carbonyl (C=O) groups excluding carboxylic acids is 3. The number of fused-ring (bicyclic) bond motifs is 1. The summed E-state index contributed by atoms with van der Waals surface area (Å²) in [4.78, 5) is 39.7. The smallest absolute Gasteiger partial charge is 0.332 e. The molecule has 0 unspecified atom stereocenters. The fraction of sp³-hybridized carbons (Fsp3) is 0.375. The molecule has 118 valence electrons. The fourth-order valence-electron chi connectivity index (χ4n) is 3.19. The molecular formula is C16H15N3O4. The lowest BCUT2D eigenvalue weighted by molar-refractivity contribution is -0.150. The Kier molecular flexibility index (Phi) is 3.74. The van der Waals surface area contributed by atoms with Crippen LogP contribution in [-0.4, -0.2) is 42.5 Å². The Hall–Kier alpha value is -2.88. The van der Waals surface area contributed by atoms with E-state index in [9.17, 15) is 14.4 Å². The normalized spacial score (nSPS) is 23.5. The minimum Gasteiger partial charge on any atom is -0.469 e. The van der Waals surface area contributed by atoms with Gasteiger partial charge in [-0.2, -0.15) is 5.26 Å². The molecule has 2 aliphatic heterocycles. The van der Waals surface area contributed by atoms with Crippen LogP contribution >= 0.6 is 0 Å². The van der Waals surface area contributed by atoms with Crippen molar-refractivity contribution in [3.8, 4) is 6.07 Å². The largest absolute Gasteiger partial charge is 0.469 e. The number of nitriles is 1. The van der Waals surface area contributed by atoms with E-state index in [1.165, 1.54) is 12.0 Å². The number of imide groups is 1. The van der Waals surface area contributed by atoms with E-state index in [0.29, 0.717) is 30.6 Å². The molecule has 0 aliphatic carbocycles. The molecule has 0 bridgehead atoms. The van der Waals surface area contributed by atoms with Crippen LogP contribution in [0.5, 0.6) is 0 Å². The highest BCUT2D eigenvalue weighted by molar-refractivity contribution is 6.22. The molecule has 3 rings (SSSR count). The Balaban J connectivity index is 1.95. The zero-order valence-electron chi connectivity index (χ0n) is 12.6. The highest BCUT2D eigenvalue weighted by atomic mass is 16.5. The molecule has 2 aliphatic rings. The number of esters is 1. The van der Waals surface area contributed by atoms with Crippen molar-refractivity contribution in [1.82, 2.24) is 4.90 Å². The van der Waals surface area contributed by atoms with Crippen molar-refractivity contribution in [2.75, 3.05) is 18.6 Å². The zero-order chi connectivity index (χ0) is 16.6. The van der Waals surface area contributed by atoms with Gasteiger partial charge in [0.25, 0.3) is 5.91 Å². The highest BCUT2D eigenvalue weighted by Crippen LogP contribution is 2.34. The summed E-state index contributed by atoms with van der Waals surface area (Å²) in [7, 11) is 1.28. The van der Waals surface area contributed by atoms with Crippen LogP contribution in [0.1, 0.15) is 18.4 Å². The van der Waals surface area contributed by atoms with Gasteiger partial charge in [0.1, 0.15) is 6.04 Å². The van der Waals surface area contributed by atoms with Gasteiger partial charge in [-0.3, -0.25) is 9.59 Å². The van der Waals surface area contributed by atoms with Crippen LogP contribution in [0.2, 0.25) is 0 Å². The summed E-state index contributed by atoms with van der Waals surface area (Å²) < 4.78 is 4.77. The molecule has 7 nitrogen and oxygen atoms in total. The molecule has 2 saturated heterocycles. The van der Waals surface area contributed by atoms with Crippen LogP contribution < -0.4 is 4.90 Å². The summed E-state index contributed by atoms with van der Waals surface area (Å²) in [6.07, 6.45) is 1.17. The molecule has 0 aromatic heterocycles. The summed E-state index contributed by atoms with van der Waals surface area (Å²) in [6, 6.07) is 6.95. The maximum absolute atomic E-state index is 12.7. The van der Waals surface area contributed by atoms with E-state index in [2.05, 4.69) is 0 Å². The molecule has 0 radical (unpaired) electrons. The highest BCUT2D eigenvalue weighted by Gasteiger charge is 2.53. The monoisotopic (exact) mass is 313 g/mol. The lowest BCUT2D eigenvalue weighted by Gasteiger charge is -2.31. The summed E-state index contributed by atoms with van der Waals surface area (Å²) >= 11 is 0. The van der Waals surface area contributed by atoms with Crippen molar-refractivity contribution >= 4 is 23.6 Å². The van der Waals surface area contributed by atoms with E-state index in [1.807, 2.05) is 6.07 Å². The molecule has 2 atom stereocenters. The second-order valence-electron chi connectivity index (χ2n) is 5.53. The van der Waals surface area contributed by atoms with Crippen molar-refractivity contribution in [2.45, 2.75) is 18.9 Å². The third-order valence-electron chi connectivity index (χ3n) is 4.30. The number of ether oxygens (including phenoxy) is 1. The summed E-state index contributed by atoms with van der Waals surface area (Å²) in [5.41, 5.74) is 0.843. The number of methoxy groups -OCH3 is 1. The number of piperidine rings is 1. The summed E-state index contributed by atoms with van der Waals surface area (Å²) in [6.45, 7) is 0.440. The van der Waals surface area contributed by atoms with Gasteiger partial charge in [-0.15, -0.1) is 0 Å². The first-order valence-corrected chi connectivity index (χ1v) is 7.31. The van der Waals surface area contributed by atoms with Gasteiger partial charge < -0.3 is 9.64 Å². The van der Waals surface area contributed by atoms with E-state index in [1.54, 1.807) is 24.3 Å². The maximum Gasteiger partial charge on any atom is 0.332 e. The fourth-order valence-corrected chi connectivity index (χ4v) is 3.19. The second kappa shape index (κ2) is 5.72. The Morgan fingerprint density at radius 1 is 1.30 bits per heavy atom. The standard InChI is InChI=1S/C16H15N3O4/c1-23-15(21)12-3-2-8-18-13(12)14(20)19(16(18)22)11-6-4-10(9-17)5-7-11/h4-7,12-13H,2-3,8H2,1H3/t12-,13+/m0/s1. The first kappa shape index (κ1) is 15.0. The zero-order valence-corrected chi connectivity index (χ0v) is 12.6. The maximum atomic E-state index is 12.7. The molecule has 2 fully saturated rings. The molecular weight excluding hydrogens is 298 g/mol. The van der Waals surface area contributed by atoms with E-state index in [4.69, 9.17) is 10.00 Å². The van der Waals surface area contributed by atoms with Gasteiger partial charge in [-0.05, 0) is 37.1 Å². The molecule has 3 amide bonds. The van der Waals surface area contributed by atoms with Crippen LogP contribution in [0.3, 0.4) is 0 Å². The predicted octanol–water partition coefficient (Wildman–Crippen LogP) is 1.28. The number of carbonyl (C=O) groups is 3. The molecule has 1 aromatic carbocycles. The topological polar surface area (TPSA) is 90.7 Å². The number of benzene rings is 1. The van der Waals surface area contributed by atoms with Crippen molar-refractivity contribution in [1.29, 1.82) is 5.26 Å². The number of hydrogen-bond acceptors (Lipinski definition) is 5. The Bertz CT molecular complexity index is 707. The van der Waals surface area contributed by atoms with Crippen LogP contribution in [-0.2, 0) is 14.3 Å². The number of anilines is 1. The van der Waals surface area contributed by atoms with Gasteiger partial charge in [0.15, 0.2) is 0 Å². The molecule has 2 heterocycles. The van der Waals surface area contributed by atoms with E-state index in [-0.39, 0.29) is 0 Å². The molecule has 0 saturated carbocycles. The van der Waals surface area contributed by atoms with Gasteiger partial charge in [0.05, 0.1) is 30.3 Å². The third kappa shape index (κ3) is 2.32. The SMILES string of the molecule is COC(=O)[C@H]1CCCN2C(=O)N(c3ccc(C#N)cc3)C(=O)[C@@H]12. The van der Waals surface area contributed by atoms with Gasteiger partial charge in [-0.1, -0.05) is 0 Å². The van der Waals surface area contributed by atoms with Crippen LogP contribution in [0.4, 0.5) is 10.5 Å². The van der Waals surface area contributed by atoms with Gasteiger partial charge in [0, 0.05) is 6.54 Å². The van der Waals surface area contributed by atoms with Crippen LogP contribution in [0.25, 0.3) is 0 Å². The summed E-state index contributed by atoms with van der Waals surface area (Å²) in [5, 5.41) is 8.83. The minimum atomic E-state index is -0.806. The van der Waals surface area contributed by atoms with Crippen molar-refractivity contribution in [3.63, 3.8) is 0 Å². The number of hydrogen-bond donors (Lipinski definition) is 0. The third-order valence-corrected chi connectivity index (χ3v) is 4.30. The number of rotatable bonds is 2. The predicted molar refractivity (Wildman–Crippen MR) is 79.3 cm³/mol. The number of nitrogens with zero attached hydrogens (tertiary/aromatic N) is 3. The number of urea groups is 1. The average molecular weight is 313 g/mol. The Morgan fingerprint density at radius 2 is 2.00 bits per heavy atom. The lowest BCUT2D eigenvalue weighted by Crippen LogP contribution is -2.48. The molecule has 23 heavy (non-hydrogen) atoms. The lowest BCUT2D eigenvalue weighted by atomic mass is 9.89. The minimum absolute atomic E-state index is 0.400. The van der Waals surface area contributed by atoms with E-state index in [0.717, 1.165) is 4.90 Å². The van der Waals surface area contributed by atoms with Crippen LogP contribution in [0, 0.1) is 17.2 Å². The molecule has 1 aromatic rings. The van der Waals surface area contributed by atoms with Gasteiger partial charge >= 0.3 is 12.0 Å². The van der Waals surface area contributed by atoms with E-state index < -0.39 is 29.9 Å².